The molecule has 2 N–H and O–H groups in total. The Kier molecular flexibility index (Phi) is 8.01. The molecular formula is C25H34N4O4. The molecule has 1 aliphatic carbocycles. The molecule has 1 atom stereocenters. The van der Waals surface area contributed by atoms with Crippen LogP contribution < -0.4 is 20.1 Å². The Bertz CT molecular complexity index is 905. The first-order valence-corrected chi connectivity index (χ1v) is 11.6. The summed E-state index contributed by atoms with van der Waals surface area (Å²) in [4.78, 5) is 18.8. The minimum absolute atomic E-state index is 0.133. The summed E-state index contributed by atoms with van der Waals surface area (Å²) in [6, 6.07) is 9.91. The molecule has 2 amide bonds. The monoisotopic (exact) mass is 454 g/mol. The number of carbonyl (C=O) groups excluding carboxylic acids is 1. The van der Waals surface area contributed by atoms with Crippen molar-refractivity contribution in [2.24, 2.45) is 5.92 Å². The van der Waals surface area contributed by atoms with E-state index in [-0.39, 0.29) is 18.9 Å². The van der Waals surface area contributed by atoms with Crippen LogP contribution in [0.4, 0.5) is 4.79 Å². The van der Waals surface area contributed by atoms with Gasteiger partial charge < -0.3 is 29.7 Å². The van der Waals surface area contributed by atoms with Crippen molar-refractivity contribution < 1.29 is 19.0 Å². The Labute approximate surface area is 195 Å². The van der Waals surface area contributed by atoms with E-state index in [1.54, 1.807) is 19.5 Å². The van der Waals surface area contributed by atoms with E-state index in [1.807, 2.05) is 24.3 Å². The van der Waals surface area contributed by atoms with Crippen molar-refractivity contribution in [3.63, 3.8) is 0 Å². The fourth-order valence-electron chi connectivity index (χ4n) is 4.50. The number of ether oxygens (including phenoxy) is 3. The molecule has 1 fully saturated rings. The van der Waals surface area contributed by atoms with Gasteiger partial charge in [-0.3, -0.25) is 4.98 Å². The zero-order chi connectivity index (χ0) is 23.0. The van der Waals surface area contributed by atoms with E-state index in [2.05, 4.69) is 33.6 Å². The predicted molar refractivity (Wildman–Crippen MR) is 126 cm³/mol. The third-order valence-electron chi connectivity index (χ3n) is 6.58. The van der Waals surface area contributed by atoms with Gasteiger partial charge in [0.25, 0.3) is 0 Å². The number of nitrogens with zero attached hydrogens (tertiary/aromatic N) is 2. The van der Waals surface area contributed by atoms with E-state index < -0.39 is 0 Å². The Hall–Kier alpha value is -2.84. The topological polar surface area (TPSA) is 85.0 Å². The average molecular weight is 455 g/mol. The number of fused-ring (bicyclic) bond motifs is 1. The van der Waals surface area contributed by atoms with Crippen LogP contribution in [0.25, 0.3) is 0 Å². The summed E-state index contributed by atoms with van der Waals surface area (Å²) in [5, 5.41) is 6.02. The smallest absolute Gasteiger partial charge is 0.314 e. The molecule has 33 heavy (non-hydrogen) atoms. The second kappa shape index (κ2) is 11.3. The molecule has 0 spiro atoms. The predicted octanol–water partition coefficient (Wildman–Crippen LogP) is 2.62. The highest BCUT2D eigenvalue weighted by molar-refractivity contribution is 5.73. The fourth-order valence-corrected chi connectivity index (χ4v) is 4.50. The zero-order valence-electron chi connectivity index (χ0n) is 19.5. The van der Waals surface area contributed by atoms with Gasteiger partial charge in [-0.15, -0.1) is 0 Å². The second-order valence-electron chi connectivity index (χ2n) is 8.89. The van der Waals surface area contributed by atoms with Gasteiger partial charge in [0.15, 0.2) is 11.5 Å². The van der Waals surface area contributed by atoms with Crippen LogP contribution in [0.15, 0.2) is 42.7 Å². The summed E-state index contributed by atoms with van der Waals surface area (Å²) in [6.07, 6.45) is 7.64. The molecule has 0 saturated heterocycles. The lowest BCUT2D eigenvalue weighted by Crippen LogP contribution is -2.49. The molecule has 1 saturated carbocycles. The number of carbonyl (C=O) groups is 1. The number of hydrogen-bond donors (Lipinski definition) is 2. The molecule has 178 valence electrons. The molecule has 4 rings (SSSR count). The van der Waals surface area contributed by atoms with E-state index in [0.29, 0.717) is 25.1 Å². The lowest BCUT2D eigenvalue weighted by molar-refractivity contribution is -0.0122. The van der Waals surface area contributed by atoms with Crippen molar-refractivity contribution >= 4 is 6.03 Å². The molecule has 1 aromatic heterocycles. The first kappa shape index (κ1) is 23.3. The van der Waals surface area contributed by atoms with Gasteiger partial charge in [-0.25, -0.2) is 4.79 Å². The van der Waals surface area contributed by atoms with Crippen LogP contribution in [-0.2, 0) is 17.6 Å². The summed E-state index contributed by atoms with van der Waals surface area (Å²) in [5.41, 5.74) is 2.25. The number of aromatic nitrogens is 1. The number of methoxy groups -OCH3 is 1. The molecular weight excluding hydrogens is 420 g/mol. The molecule has 0 bridgehead atoms. The Balaban J connectivity index is 1.32. The van der Waals surface area contributed by atoms with Crippen LogP contribution in [-0.4, -0.2) is 68.6 Å². The summed E-state index contributed by atoms with van der Waals surface area (Å²) >= 11 is 0. The highest BCUT2D eigenvalue weighted by atomic mass is 16.7. The van der Waals surface area contributed by atoms with E-state index >= 15 is 0 Å². The van der Waals surface area contributed by atoms with Crippen LogP contribution >= 0.6 is 0 Å². The number of benzene rings is 1. The number of urea groups is 1. The van der Waals surface area contributed by atoms with Crippen LogP contribution in [0, 0.1) is 5.92 Å². The van der Waals surface area contributed by atoms with Gasteiger partial charge in [0.05, 0.1) is 6.10 Å². The molecule has 2 heterocycles. The maximum Gasteiger partial charge on any atom is 0.314 e. The molecule has 8 nitrogen and oxygen atoms in total. The lowest BCUT2D eigenvalue weighted by atomic mass is 9.81. The summed E-state index contributed by atoms with van der Waals surface area (Å²) in [6.45, 7) is 2.35. The third kappa shape index (κ3) is 6.36. The van der Waals surface area contributed by atoms with Crippen LogP contribution in [0.3, 0.4) is 0 Å². The lowest BCUT2D eigenvalue weighted by Gasteiger charge is -2.39. The van der Waals surface area contributed by atoms with Crippen molar-refractivity contribution in [2.75, 3.05) is 40.6 Å². The quantitative estimate of drug-likeness (QED) is 0.543. The Morgan fingerprint density at radius 2 is 2.03 bits per heavy atom. The van der Waals surface area contributed by atoms with Crippen LogP contribution in [0.5, 0.6) is 11.5 Å². The SMILES string of the molecule is COC1CC(CN(C)[C@H](CNC(=O)NCCc2ccncc2)Cc2cccc3c2OCO3)C1. The summed E-state index contributed by atoms with van der Waals surface area (Å²) < 4.78 is 16.7. The van der Waals surface area contributed by atoms with Crippen LogP contribution in [0.1, 0.15) is 24.0 Å². The van der Waals surface area contributed by atoms with Crippen LogP contribution in [0.2, 0.25) is 0 Å². The van der Waals surface area contributed by atoms with E-state index in [4.69, 9.17) is 14.2 Å². The third-order valence-corrected chi connectivity index (χ3v) is 6.58. The molecule has 1 aliphatic heterocycles. The molecule has 1 aromatic carbocycles. The van der Waals surface area contributed by atoms with E-state index in [9.17, 15) is 4.79 Å². The average Bonchev–Trinajstić information content (AvgIpc) is 3.29. The van der Waals surface area contributed by atoms with Gasteiger partial charge in [0, 0.05) is 45.2 Å². The maximum atomic E-state index is 12.5. The van der Waals surface area contributed by atoms with Crippen molar-refractivity contribution in [1.82, 2.24) is 20.5 Å². The highest BCUT2D eigenvalue weighted by Gasteiger charge is 2.31. The first-order chi connectivity index (χ1) is 16.1. The summed E-state index contributed by atoms with van der Waals surface area (Å²) in [5.74, 6) is 2.23. The van der Waals surface area contributed by atoms with Crippen molar-refractivity contribution in [1.29, 1.82) is 0 Å². The molecule has 8 heteroatoms. The number of nitrogens with one attached hydrogen (secondary N) is 2. The fraction of sp³-hybridized carbons (Fsp3) is 0.520. The minimum atomic E-state index is -0.150. The molecule has 0 radical (unpaired) electrons. The van der Waals surface area contributed by atoms with Gasteiger partial charge in [-0.2, -0.15) is 0 Å². The van der Waals surface area contributed by atoms with Gasteiger partial charge in [0.1, 0.15) is 0 Å². The van der Waals surface area contributed by atoms with Gasteiger partial charge in [0.2, 0.25) is 6.79 Å². The molecule has 0 unspecified atom stereocenters. The summed E-state index contributed by atoms with van der Waals surface area (Å²) in [7, 11) is 3.91. The molecule has 2 aliphatic rings. The minimum Gasteiger partial charge on any atom is -0.454 e. The van der Waals surface area contributed by atoms with Crippen molar-refractivity contribution in [3.8, 4) is 11.5 Å². The first-order valence-electron chi connectivity index (χ1n) is 11.6. The Morgan fingerprint density at radius 3 is 2.82 bits per heavy atom. The van der Waals surface area contributed by atoms with Gasteiger partial charge >= 0.3 is 6.03 Å². The number of pyridine rings is 1. The van der Waals surface area contributed by atoms with E-state index in [1.165, 1.54) is 0 Å². The van der Waals surface area contributed by atoms with Gasteiger partial charge in [-0.1, -0.05) is 12.1 Å². The van der Waals surface area contributed by atoms with Gasteiger partial charge in [-0.05, 0) is 68.0 Å². The zero-order valence-corrected chi connectivity index (χ0v) is 19.5. The second-order valence-corrected chi connectivity index (χ2v) is 8.89. The van der Waals surface area contributed by atoms with Crippen molar-refractivity contribution in [2.45, 2.75) is 37.8 Å². The number of likely N-dealkylation sites (N-methyl/N-ethyl adjacent to an activating group) is 1. The molecule has 2 aromatic rings. The number of rotatable bonds is 11. The van der Waals surface area contributed by atoms with E-state index in [0.717, 1.165) is 54.9 Å². The number of hydrogen-bond acceptors (Lipinski definition) is 6. The Morgan fingerprint density at radius 1 is 1.21 bits per heavy atom. The highest BCUT2D eigenvalue weighted by Crippen LogP contribution is 2.36. The maximum absolute atomic E-state index is 12.5. The standard InChI is InChI=1S/C25H34N4O4/c1-29(16-19-12-22(13-19)31-2)21(14-20-4-3-5-23-24(20)33-17-32-23)15-28-25(30)27-11-8-18-6-9-26-10-7-18/h3-7,9-10,19,21-22H,8,11-17H2,1-2H3,(H2,27,28,30)/t19?,21-,22?/m0/s1. The largest absolute Gasteiger partial charge is 0.454 e. The normalized spacial score (nSPS) is 19.7. The number of amides is 2. The number of para-hydroxylation sites is 1. The van der Waals surface area contributed by atoms with Crippen molar-refractivity contribution in [3.05, 3.63) is 53.9 Å².